The lowest BCUT2D eigenvalue weighted by molar-refractivity contribution is -0.140. The molecule has 0 radical (unpaired) electrons. The van der Waals surface area contributed by atoms with Crippen molar-refractivity contribution in [2.45, 2.75) is 51.9 Å². The molecule has 0 aromatic heterocycles. The molecule has 1 rings (SSSR count). The van der Waals surface area contributed by atoms with Crippen molar-refractivity contribution in [3.05, 3.63) is 11.1 Å². The number of ether oxygens (including phenoxy) is 2. The van der Waals surface area contributed by atoms with Crippen LogP contribution in [0, 0.1) is 5.92 Å². The zero-order chi connectivity index (χ0) is 14.3. The molecule has 1 saturated carbocycles. The molecule has 4 nitrogen and oxygen atoms in total. The van der Waals surface area contributed by atoms with Crippen LogP contribution in [0.15, 0.2) is 11.1 Å². The van der Waals surface area contributed by atoms with E-state index in [0.717, 1.165) is 32.1 Å². The van der Waals surface area contributed by atoms with Gasteiger partial charge in [0.1, 0.15) is 0 Å². The second kappa shape index (κ2) is 7.97. The highest BCUT2D eigenvalue weighted by molar-refractivity contribution is 6.00. The molecule has 0 aromatic rings. The van der Waals surface area contributed by atoms with Crippen molar-refractivity contribution in [1.82, 2.24) is 0 Å². The van der Waals surface area contributed by atoms with Crippen LogP contribution >= 0.6 is 0 Å². The maximum atomic E-state index is 12.1. The van der Waals surface area contributed by atoms with Gasteiger partial charge in [0.15, 0.2) is 0 Å². The van der Waals surface area contributed by atoms with Gasteiger partial charge in [-0.2, -0.15) is 0 Å². The van der Waals surface area contributed by atoms with Crippen LogP contribution in [0.25, 0.3) is 0 Å². The zero-order valence-electron chi connectivity index (χ0n) is 12.2. The van der Waals surface area contributed by atoms with E-state index in [1.807, 2.05) is 6.92 Å². The van der Waals surface area contributed by atoms with Crippen LogP contribution in [0.5, 0.6) is 0 Å². The fourth-order valence-corrected chi connectivity index (χ4v) is 2.76. The van der Waals surface area contributed by atoms with Gasteiger partial charge >= 0.3 is 11.9 Å². The highest BCUT2D eigenvalue weighted by atomic mass is 16.5. The topological polar surface area (TPSA) is 52.6 Å². The molecule has 0 amide bonds. The summed E-state index contributed by atoms with van der Waals surface area (Å²) in [7, 11) is 2.72. The first kappa shape index (κ1) is 15.7. The second-order valence-corrected chi connectivity index (χ2v) is 4.96. The van der Waals surface area contributed by atoms with Crippen LogP contribution in [0.2, 0.25) is 0 Å². The maximum absolute atomic E-state index is 12.1. The summed E-state index contributed by atoms with van der Waals surface area (Å²) in [5, 5.41) is 0. The summed E-state index contributed by atoms with van der Waals surface area (Å²) in [4.78, 5) is 24.0. The predicted molar refractivity (Wildman–Crippen MR) is 72.5 cm³/mol. The Bertz CT molecular complexity index is 351. The van der Waals surface area contributed by atoms with Gasteiger partial charge in [-0.1, -0.05) is 32.6 Å². The SMILES string of the molecule is CCCC(C(=O)OC)=C(C(=O)OC)C1CCCCC1. The van der Waals surface area contributed by atoms with Crippen molar-refractivity contribution in [2.75, 3.05) is 14.2 Å². The molecular weight excluding hydrogens is 244 g/mol. The molecule has 4 heteroatoms. The Morgan fingerprint density at radius 1 is 1.00 bits per heavy atom. The number of carbonyl (C=O) groups excluding carboxylic acids is 2. The van der Waals surface area contributed by atoms with Gasteiger partial charge < -0.3 is 9.47 Å². The fraction of sp³-hybridized carbons (Fsp3) is 0.733. The molecular formula is C15H24O4. The van der Waals surface area contributed by atoms with Gasteiger partial charge in [-0.05, 0) is 25.2 Å². The summed E-state index contributed by atoms with van der Waals surface area (Å²) in [6.45, 7) is 1.98. The van der Waals surface area contributed by atoms with Gasteiger partial charge in [0.05, 0.1) is 19.8 Å². The van der Waals surface area contributed by atoms with Gasteiger partial charge in [-0.15, -0.1) is 0 Å². The Morgan fingerprint density at radius 2 is 1.58 bits per heavy atom. The highest BCUT2D eigenvalue weighted by Crippen LogP contribution is 2.33. The molecule has 0 spiro atoms. The normalized spacial score (nSPS) is 17.6. The standard InChI is InChI=1S/C15H24O4/c1-4-8-12(14(16)18-2)13(15(17)19-3)11-9-6-5-7-10-11/h11H,4-10H2,1-3H3. The van der Waals surface area contributed by atoms with Crippen LogP contribution in [-0.4, -0.2) is 26.2 Å². The Balaban J connectivity index is 3.15. The minimum absolute atomic E-state index is 0.141. The van der Waals surface area contributed by atoms with Crippen LogP contribution in [0.1, 0.15) is 51.9 Å². The Morgan fingerprint density at radius 3 is 2.05 bits per heavy atom. The van der Waals surface area contributed by atoms with Crippen molar-refractivity contribution in [2.24, 2.45) is 5.92 Å². The summed E-state index contributed by atoms with van der Waals surface area (Å²) in [5.41, 5.74) is 1.06. The Labute approximate surface area is 115 Å². The van der Waals surface area contributed by atoms with Crippen molar-refractivity contribution in [3.63, 3.8) is 0 Å². The van der Waals surface area contributed by atoms with E-state index in [0.29, 0.717) is 17.6 Å². The average molecular weight is 268 g/mol. The van der Waals surface area contributed by atoms with E-state index < -0.39 is 5.97 Å². The quantitative estimate of drug-likeness (QED) is 0.568. The third-order valence-electron chi connectivity index (χ3n) is 3.68. The van der Waals surface area contributed by atoms with E-state index in [1.165, 1.54) is 20.6 Å². The molecule has 0 atom stereocenters. The minimum atomic E-state index is -0.396. The van der Waals surface area contributed by atoms with Gasteiger partial charge in [-0.25, -0.2) is 9.59 Å². The summed E-state index contributed by atoms with van der Waals surface area (Å²) in [5.74, 6) is -0.629. The first-order valence-corrected chi connectivity index (χ1v) is 7.05. The Hall–Kier alpha value is -1.32. The van der Waals surface area contributed by atoms with E-state index >= 15 is 0 Å². The van der Waals surface area contributed by atoms with E-state index in [2.05, 4.69) is 0 Å². The minimum Gasteiger partial charge on any atom is -0.466 e. The molecule has 1 fully saturated rings. The largest absolute Gasteiger partial charge is 0.466 e. The monoisotopic (exact) mass is 268 g/mol. The molecule has 0 aromatic carbocycles. The highest BCUT2D eigenvalue weighted by Gasteiger charge is 2.29. The first-order valence-electron chi connectivity index (χ1n) is 7.05. The zero-order valence-corrected chi connectivity index (χ0v) is 12.2. The van der Waals surface area contributed by atoms with Gasteiger partial charge in [0.25, 0.3) is 0 Å². The van der Waals surface area contributed by atoms with Crippen LogP contribution in [-0.2, 0) is 19.1 Å². The molecule has 108 valence electrons. The number of methoxy groups -OCH3 is 2. The third kappa shape index (κ3) is 4.08. The van der Waals surface area contributed by atoms with Gasteiger partial charge in [0.2, 0.25) is 0 Å². The number of esters is 2. The van der Waals surface area contributed by atoms with E-state index in [-0.39, 0.29) is 11.9 Å². The summed E-state index contributed by atoms with van der Waals surface area (Å²) in [6.07, 6.45) is 6.68. The molecule has 0 aliphatic heterocycles. The lowest BCUT2D eigenvalue weighted by atomic mass is 9.81. The molecule has 0 heterocycles. The predicted octanol–water partition coefficient (Wildman–Crippen LogP) is 3.01. The van der Waals surface area contributed by atoms with Crippen molar-refractivity contribution in [3.8, 4) is 0 Å². The van der Waals surface area contributed by atoms with Crippen LogP contribution in [0.3, 0.4) is 0 Å². The van der Waals surface area contributed by atoms with E-state index in [9.17, 15) is 9.59 Å². The molecule has 0 bridgehead atoms. The summed E-state index contributed by atoms with van der Waals surface area (Å²) >= 11 is 0. The summed E-state index contributed by atoms with van der Waals surface area (Å²) in [6, 6.07) is 0. The molecule has 0 unspecified atom stereocenters. The summed E-state index contributed by atoms with van der Waals surface area (Å²) < 4.78 is 9.71. The molecule has 1 aliphatic carbocycles. The fourth-order valence-electron chi connectivity index (χ4n) is 2.76. The smallest absolute Gasteiger partial charge is 0.334 e. The van der Waals surface area contributed by atoms with Crippen molar-refractivity contribution >= 4 is 11.9 Å². The van der Waals surface area contributed by atoms with Crippen molar-refractivity contribution < 1.29 is 19.1 Å². The first-order chi connectivity index (χ1) is 9.15. The second-order valence-electron chi connectivity index (χ2n) is 4.96. The van der Waals surface area contributed by atoms with Gasteiger partial charge in [0, 0.05) is 5.57 Å². The molecule has 0 saturated heterocycles. The van der Waals surface area contributed by atoms with E-state index in [4.69, 9.17) is 9.47 Å². The number of hydrogen-bond donors (Lipinski definition) is 0. The van der Waals surface area contributed by atoms with Crippen molar-refractivity contribution in [1.29, 1.82) is 0 Å². The maximum Gasteiger partial charge on any atom is 0.334 e. The number of rotatable bonds is 5. The number of hydrogen-bond acceptors (Lipinski definition) is 4. The van der Waals surface area contributed by atoms with E-state index in [1.54, 1.807) is 0 Å². The van der Waals surface area contributed by atoms with Crippen LogP contribution in [0.4, 0.5) is 0 Å². The lowest BCUT2D eigenvalue weighted by Crippen LogP contribution is -2.22. The molecule has 0 N–H and O–H groups in total. The molecule has 19 heavy (non-hydrogen) atoms. The average Bonchev–Trinajstić information content (AvgIpc) is 2.46. The van der Waals surface area contributed by atoms with Crippen LogP contribution < -0.4 is 0 Å². The van der Waals surface area contributed by atoms with Gasteiger partial charge in [-0.3, -0.25) is 0 Å². The number of carbonyl (C=O) groups is 2. The Kier molecular flexibility index (Phi) is 6.60. The lowest BCUT2D eigenvalue weighted by Gasteiger charge is -2.25. The molecule has 1 aliphatic rings. The third-order valence-corrected chi connectivity index (χ3v) is 3.68.